The highest BCUT2D eigenvalue weighted by Crippen LogP contribution is 2.31. The van der Waals surface area contributed by atoms with Crippen molar-refractivity contribution in [1.29, 1.82) is 0 Å². The van der Waals surface area contributed by atoms with Crippen molar-refractivity contribution < 1.29 is 22.7 Å². The van der Waals surface area contributed by atoms with E-state index in [4.69, 9.17) is 16.3 Å². The van der Waals surface area contributed by atoms with E-state index in [-0.39, 0.29) is 11.4 Å². The fraction of sp³-hybridized carbons (Fsp3) is 0.0952. The van der Waals surface area contributed by atoms with Gasteiger partial charge < -0.3 is 4.74 Å². The van der Waals surface area contributed by atoms with Crippen LogP contribution in [-0.2, 0) is 12.6 Å². The molecule has 0 spiro atoms. The molecule has 0 aliphatic heterocycles. The summed E-state index contributed by atoms with van der Waals surface area (Å²) in [6.07, 6.45) is -4.91. The molecular weight excluding hydrogens is 391 g/mol. The van der Waals surface area contributed by atoms with Crippen LogP contribution in [0.15, 0.2) is 72.8 Å². The number of halogens is 4. The summed E-state index contributed by atoms with van der Waals surface area (Å²) in [5, 5.41) is 2.80. The molecule has 0 radical (unpaired) electrons. The fourth-order valence-electron chi connectivity index (χ4n) is 2.62. The molecule has 7 heteroatoms. The van der Waals surface area contributed by atoms with Crippen LogP contribution in [0.4, 0.5) is 23.7 Å². The van der Waals surface area contributed by atoms with E-state index < -0.39 is 17.8 Å². The summed E-state index contributed by atoms with van der Waals surface area (Å²) in [7, 11) is 0. The van der Waals surface area contributed by atoms with E-state index in [0.29, 0.717) is 17.0 Å². The first-order valence-corrected chi connectivity index (χ1v) is 8.67. The number of carbonyl (C=O) groups excluding carboxylic acids is 1. The van der Waals surface area contributed by atoms with E-state index in [1.165, 1.54) is 12.1 Å². The van der Waals surface area contributed by atoms with Crippen LogP contribution in [0, 0.1) is 0 Å². The van der Waals surface area contributed by atoms with Gasteiger partial charge in [-0.05, 0) is 42.0 Å². The summed E-state index contributed by atoms with van der Waals surface area (Å²) >= 11 is 6.05. The molecule has 0 saturated carbocycles. The Hall–Kier alpha value is -2.99. The van der Waals surface area contributed by atoms with Gasteiger partial charge in [-0.25, -0.2) is 4.79 Å². The number of ether oxygens (including phenoxy) is 1. The van der Waals surface area contributed by atoms with Gasteiger partial charge in [-0.3, -0.25) is 5.32 Å². The van der Waals surface area contributed by atoms with Gasteiger partial charge in [0.05, 0.1) is 5.56 Å². The Balaban J connectivity index is 1.76. The van der Waals surface area contributed by atoms with Crippen LogP contribution in [0.3, 0.4) is 0 Å². The normalized spacial score (nSPS) is 11.1. The number of rotatable bonds is 4. The molecule has 0 heterocycles. The van der Waals surface area contributed by atoms with Gasteiger partial charge in [0.15, 0.2) is 0 Å². The maximum absolute atomic E-state index is 12.8. The van der Waals surface area contributed by atoms with Gasteiger partial charge in [-0.2, -0.15) is 13.2 Å². The van der Waals surface area contributed by atoms with E-state index in [1.807, 2.05) is 30.3 Å². The van der Waals surface area contributed by atoms with E-state index in [1.54, 1.807) is 18.2 Å². The van der Waals surface area contributed by atoms with E-state index in [0.717, 1.165) is 17.7 Å². The molecule has 0 aromatic heterocycles. The van der Waals surface area contributed by atoms with Crippen LogP contribution < -0.4 is 10.1 Å². The molecule has 144 valence electrons. The topological polar surface area (TPSA) is 38.3 Å². The number of nitrogens with one attached hydrogen (secondary N) is 1. The first kappa shape index (κ1) is 19.8. The largest absolute Gasteiger partial charge is 0.417 e. The molecule has 1 amide bonds. The maximum Gasteiger partial charge on any atom is 0.417 e. The average molecular weight is 406 g/mol. The third-order valence-electron chi connectivity index (χ3n) is 3.90. The lowest BCUT2D eigenvalue weighted by atomic mass is 10.0. The lowest BCUT2D eigenvalue weighted by Gasteiger charge is -2.13. The highest BCUT2D eigenvalue weighted by atomic mass is 35.5. The molecule has 28 heavy (non-hydrogen) atoms. The maximum atomic E-state index is 12.8. The van der Waals surface area contributed by atoms with Crippen LogP contribution in [0.1, 0.15) is 16.7 Å². The molecule has 1 N–H and O–H groups in total. The Labute approximate surface area is 164 Å². The van der Waals surface area contributed by atoms with Crippen molar-refractivity contribution in [2.24, 2.45) is 0 Å². The van der Waals surface area contributed by atoms with Crippen molar-refractivity contribution >= 4 is 23.4 Å². The van der Waals surface area contributed by atoms with Crippen LogP contribution in [0.5, 0.6) is 5.75 Å². The van der Waals surface area contributed by atoms with Gasteiger partial charge in [-0.1, -0.05) is 48.0 Å². The third-order valence-corrected chi connectivity index (χ3v) is 4.13. The molecule has 0 saturated heterocycles. The van der Waals surface area contributed by atoms with Crippen molar-refractivity contribution in [3.63, 3.8) is 0 Å². The Morgan fingerprint density at radius 1 is 0.964 bits per heavy atom. The zero-order chi connectivity index (χ0) is 20.1. The van der Waals surface area contributed by atoms with Crippen LogP contribution in [0.25, 0.3) is 0 Å². The summed E-state index contributed by atoms with van der Waals surface area (Å²) in [5.41, 5.74) is 0.797. The number of hydrogen-bond acceptors (Lipinski definition) is 2. The van der Waals surface area contributed by atoms with Gasteiger partial charge in [0, 0.05) is 22.7 Å². The number of amides is 1. The summed E-state index contributed by atoms with van der Waals surface area (Å²) in [6.45, 7) is 0. The molecule has 0 atom stereocenters. The highest BCUT2D eigenvalue weighted by molar-refractivity contribution is 6.30. The molecular formula is C21H15ClF3NO2. The van der Waals surface area contributed by atoms with Crippen molar-refractivity contribution in [1.82, 2.24) is 0 Å². The minimum absolute atomic E-state index is 0.0154. The zero-order valence-electron chi connectivity index (χ0n) is 14.5. The number of benzene rings is 3. The smallest absolute Gasteiger partial charge is 0.410 e. The van der Waals surface area contributed by atoms with Crippen molar-refractivity contribution in [2.45, 2.75) is 12.6 Å². The first-order chi connectivity index (χ1) is 13.3. The SMILES string of the molecule is O=C(Nc1cccc(C(F)(F)F)c1)Oc1ccc(Cl)cc1Cc1ccccc1. The molecule has 3 aromatic carbocycles. The minimum atomic E-state index is -4.50. The lowest BCUT2D eigenvalue weighted by Crippen LogP contribution is -2.18. The van der Waals surface area contributed by atoms with E-state index in [2.05, 4.69) is 5.32 Å². The zero-order valence-corrected chi connectivity index (χ0v) is 15.2. The fourth-order valence-corrected chi connectivity index (χ4v) is 2.81. The number of anilines is 1. The summed E-state index contributed by atoms with van der Waals surface area (Å²) in [4.78, 5) is 12.2. The molecule has 0 aliphatic rings. The molecule has 0 aliphatic carbocycles. The lowest BCUT2D eigenvalue weighted by molar-refractivity contribution is -0.137. The second-order valence-electron chi connectivity index (χ2n) is 6.01. The molecule has 3 nitrogen and oxygen atoms in total. The molecule has 3 aromatic rings. The Kier molecular flexibility index (Phi) is 5.90. The van der Waals surface area contributed by atoms with Crippen LogP contribution in [-0.4, -0.2) is 6.09 Å². The predicted octanol–water partition coefficient (Wildman–Crippen LogP) is 6.56. The number of alkyl halides is 3. The van der Waals surface area contributed by atoms with Crippen molar-refractivity contribution in [2.75, 3.05) is 5.32 Å². The van der Waals surface area contributed by atoms with E-state index >= 15 is 0 Å². The quantitative estimate of drug-likeness (QED) is 0.533. The minimum Gasteiger partial charge on any atom is -0.410 e. The van der Waals surface area contributed by atoms with Gasteiger partial charge >= 0.3 is 12.3 Å². The van der Waals surface area contributed by atoms with Gasteiger partial charge in [0.1, 0.15) is 5.75 Å². The van der Waals surface area contributed by atoms with Gasteiger partial charge in [-0.15, -0.1) is 0 Å². The number of hydrogen-bond donors (Lipinski definition) is 1. The van der Waals surface area contributed by atoms with Crippen molar-refractivity contribution in [3.05, 3.63) is 94.5 Å². The number of carbonyl (C=O) groups is 1. The van der Waals surface area contributed by atoms with Gasteiger partial charge in [0.25, 0.3) is 0 Å². The Bertz CT molecular complexity index is 975. The highest BCUT2D eigenvalue weighted by Gasteiger charge is 2.30. The summed E-state index contributed by atoms with van der Waals surface area (Å²) in [6, 6.07) is 18.6. The second kappa shape index (κ2) is 8.35. The van der Waals surface area contributed by atoms with Crippen molar-refractivity contribution in [3.8, 4) is 5.75 Å². The standard InChI is InChI=1S/C21H15ClF3NO2/c22-17-9-10-19(15(12-17)11-14-5-2-1-3-6-14)28-20(27)26-18-8-4-7-16(13-18)21(23,24)25/h1-10,12-13H,11H2,(H,26,27). The first-order valence-electron chi connectivity index (χ1n) is 8.30. The monoisotopic (exact) mass is 405 g/mol. The Morgan fingerprint density at radius 3 is 2.43 bits per heavy atom. The van der Waals surface area contributed by atoms with E-state index in [9.17, 15) is 18.0 Å². The molecule has 3 rings (SSSR count). The van der Waals surface area contributed by atoms with Gasteiger partial charge in [0.2, 0.25) is 0 Å². The molecule has 0 bridgehead atoms. The van der Waals surface area contributed by atoms with Crippen LogP contribution in [0.2, 0.25) is 5.02 Å². The average Bonchev–Trinajstić information content (AvgIpc) is 2.64. The Morgan fingerprint density at radius 2 is 1.71 bits per heavy atom. The summed E-state index contributed by atoms with van der Waals surface area (Å²) < 4.78 is 43.7. The molecule has 0 fully saturated rings. The second-order valence-corrected chi connectivity index (χ2v) is 6.44. The predicted molar refractivity (Wildman–Crippen MR) is 102 cm³/mol. The summed E-state index contributed by atoms with van der Waals surface area (Å²) in [5.74, 6) is 0.276. The van der Waals surface area contributed by atoms with Crippen LogP contribution >= 0.6 is 11.6 Å². The molecule has 0 unspecified atom stereocenters. The third kappa shape index (κ3) is 5.27.